The lowest BCUT2D eigenvalue weighted by molar-refractivity contribution is -0.121. The zero-order valence-corrected chi connectivity index (χ0v) is 12.7. The topological polar surface area (TPSA) is 42.4 Å². The Balaban J connectivity index is 1.86. The summed E-state index contributed by atoms with van der Waals surface area (Å²) in [6.07, 6.45) is 0. The second-order valence-electron chi connectivity index (χ2n) is 5.74. The Labute approximate surface area is 131 Å². The van der Waals surface area contributed by atoms with Gasteiger partial charge in [-0.1, -0.05) is 18.2 Å². The van der Waals surface area contributed by atoms with Crippen molar-refractivity contribution in [1.82, 2.24) is 4.98 Å². The van der Waals surface area contributed by atoms with Gasteiger partial charge >= 0.3 is 0 Å². The van der Waals surface area contributed by atoms with Gasteiger partial charge in [0.15, 0.2) is 0 Å². The predicted octanol–water partition coefficient (Wildman–Crippen LogP) is 2.95. The van der Waals surface area contributed by atoms with Crippen molar-refractivity contribution >= 4 is 33.1 Å². The molecule has 1 atom stereocenters. The van der Waals surface area contributed by atoms with Crippen molar-refractivity contribution in [3.8, 4) is 5.75 Å². The van der Waals surface area contributed by atoms with Crippen LogP contribution >= 0.6 is 11.3 Å². The SMILES string of the molecule is CN1C(=O)C2(COc3cc4ncsc4cc32)c2ccccc21. The molecule has 0 saturated heterocycles. The average Bonchev–Trinajstić information content (AvgIpc) is 3.20. The predicted molar refractivity (Wildman–Crippen MR) is 85.7 cm³/mol. The standard InChI is InChI=1S/C17H12N2O2S/c1-19-13-5-3-2-4-10(13)17(16(19)20)8-21-14-7-12-15(6-11(14)17)22-9-18-12/h2-7,9H,8H2,1H3. The van der Waals surface area contributed by atoms with E-state index in [1.807, 2.05) is 42.9 Å². The van der Waals surface area contributed by atoms with E-state index in [1.165, 1.54) is 0 Å². The molecule has 0 aliphatic carbocycles. The van der Waals surface area contributed by atoms with Crippen molar-refractivity contribution in [2.75, 3.05) is 18.6 Å². The van der Waals surface area contributed by atoms with Crippen LogP contribution in [0.1, 0.15) is 11.1 Å². The van der Waals surface area contributed by atoms with Crippen LogP contribution in [-0.4, -0.2) is 24.5 Å². The van der Waals surface area contributed by atoms with Crippen LogP contribution in [0.15, 0.2) is 41.9 Å². The summed E-state index contributed by atoms with van der Waals surface area (Å²) >= 11 is 1.59. The Hall–Kier alpha value is -2.40. The number of aromatic nitrogens is 1. The Kier molecular flexibility index (Phi) is 2.14. The molecule has 3 heterocycles. The van der Waals surface area contributed by atoms with Crippen LogP contribution in [0.5, 0.6) is 5.75 Å². The van der Waals surface area contributed by atoms with Gasteiger partial charge in [0.05, 0.1) is 15.7 Å². The summed E-state index contributed by atoms with van der Waals surface area (Å²) < 4.78 is 6.99. The molecule has 108 valence electrons. The number of likely N-dealkylation sites (N-methyl/N-ethyl adjacent to an activating group) is 1. The Morgan fingerprint density at radius 3 is 3.05 bits per heavy atom. The summed E-state index contributed by atoms with van der Waals surface area (Å²) in [6, 6.07) is 12.0. The first-order valence-corrected chi connectivity index (χ1v) is 7.98. The molecule has 22 heavy (non-hydrogen) atoms. The lowest BCUT2D eigenvalue weighted by Crippen LogP contribution is -2.40. The number of benzene rings is 2. The second kappa shape index (κ2) is 3.87. The van der Waals surface area contributed by atoms with Crippen LogP contribution in [0, 0.1) is 0 Å². The fourth-order valence-corrected chi connectivity index (χ4v) is 4.34. The lowest BCUT2D eigenvalue weighted by atomic mass is 9.77. The minimum atomic E-state index is -0.709. The molecule has 3 aromatic rings. The second-order valence-corrected chi connectivity index (χ2v) is 6.63. The normalized spacial score (nSPS) is 22.2. The van der Waals surface area contributed by atoms with Crippen molar-refractivity contribution in [1.29, 1.82) is 0 Å². The smallest absolute Gasteiger partial charge is 0.245 e. The molecule has 5 rings (SSSR count). The number of carbonyl (C=O) groups excluding carboxylic acids is 1. The van der Waals surface area contributed by atoms with E-state index in [0.717, 1.165) is 32.8 Å². The van der Waals surface area contributed by atoms with Crippen LogP contribution in [-0.2, 0) is 10.2 Å². The van der Waals surface area contributed by atoms with Crippen LogP contribution in [0.25, 0.3) is 10.2 Å². The first-order chi connectivity index (χ1) is 10.7. The molecule has 0 N–H and O–H groups in total. The van der Waals surface area contributed by atoms with Crippen molar-refractivity contribution in [3.05, 3.63) is 53.0 Å². The molecule has 0 fully saturated rings. The molecular formula is C17H12N2O2S. The molecule has 2 aliphatic heterocycles. The number of amides is 1. The Bertz CT molecular complexity index is 949. The highest BCUT2D eigenvalue weighted by molar-refractivity contribution is 7.16. The highest BCUT2D eigenvalue weighted by Crippen LogP contribution is 2.52. The maximum atomic E-state index is 13.1. The molecule has 2 aliphatic rings. The van der Waals surface area contributed by atoms with Gasteiger partial charge in [0.1, 0.15) is 17.8 Å². The molecule has 0 saturated carbocycles. The summed E-state index contributed by atoms with van der Waals surface area (Å²) in [5, 5.41) is 0. The zero-order valence-electron chi connectivity index (χ0n) is 11.9. The quantitative estimate of drug-likeness (QED) is 0.641. The van der Waals surface area contributed by atoms with Gasteiger partial charge in [0.25, 0.3) is 0 Å². The molecule has 2 aromatic carbocycles. The van der Waals surface area contributed by atoms with Crippen LogP contribution in [0.2, 0.25) is 0 Å². The maximum absolute atomic E-state index is 13.1. The molecule has 5 heteroatoms. The van der Waals surface area contributed by atoms with Gasteiger partial charge < -0.3 is 9.64 Å². The molecule has 1 unspecified atom stereocenters. The van der Waals surface area contributed by atoms with E-state index in [2.05, 4.69) is 11.1 Å². The summed E-state index contributed by atoms with van der Waals surface area (Å²) in [5.41, 5.74) is 5.00. The van der Waals surface area contributed by atoms with Crippen molar-refractivity contribution in [2.24, 2.45) is 0 Å². The number of hydrogen-bond acceptors (Lipinski definition) is 4. The summed E-state index contributed by atoms with van der Waals surface area (Å²) in [6.45, 7) is 0.361. The third kappa shape index (κ3) is 1.24. The monoisotopic (exact) mass is 308 g/mol. The first-order valence-electron chi connectivity index (χ1n) is 7.10. The molecule has 1 amide bonds. The number of anilines is 1. The molecule has 1 spiro atoms. The van der Waals surface area contributed by atoms with E-state index in [4.69, 9.17) is 4.74 Å². The highest BCUT2D eigenvalue weighted by Gasteiger charge is 2.56. The summed E-state index contributed by atoms with van der Waals surface area (Å²) in [7, 11) is 1.83. The van der Waals surface area contributed by atoms with Gasteiger partial charge in [-0.15, -0.1) is 11.3 Å². The average molecular weight is 308 g/mol. The van der Waals surface area contributed by atoms with Crippen molar-refractivity contribution < 1.29 is 9.53 Å². The molecule has 0 bridgehead atoms. The van der Waals surface area contributed by atoms with E-state index >= 15 is 0 Å². The van der Waals surface area contributed by atoms with Crippen molar-refractivity contribution in [3.63, 3.8) is 0 Å². The fraction of sp³-hybridized carbons (Fsp3) is 0.176. The lowest BCUT2D eigenvalue weighted by Gasteiger charge is -2.21. The van der Waals surface area contributed by atoms with E-state index < -0.39 is 5.41 Å². The number of para-hydroxylation sites is 1. The number of hydrogen-bond donors (Lipinski definition) is 0. The van der Waals surface area contributed by atoms with E-state index in [-0.39, 0.29) is 5.91 Å². The van der Waals surface area contributed by atoms with E-state index in [1.54, 1.807) is 16.2 Å². The van der Waals surface area contributed by atoms with Crippen LogP contribution < -0.4 is 9.64 Å². The summed E-state index contributed by atoms with van der Waals surface area (Å²) in [4.78, 5) is 19.1. The van der Waals surface area contributed by atoms with Crippen LogP contribution in [0.4, 0.5) is 5.69 Å². The van der Waals surface area contributed by atoms with Crippen molar-refractivity contribution in [2.45, 2.75) is 5.41 Å². The van der Waals surface area contributed by atoms with Crippen LogP contribution in [0.3, 0.4) is 0 Å². The minimum absolute atomic E-state index is 0.0799. The summed E-state index contributed by atoms with van der Waals surface area (Å²) in [5.74, 6) is 0.855. The largest absolute Gasteiger partial charge is 0.491 e. The fourth-order valence-electron chi connectivity index (χ4n) is 3.64. The van der Waals surface area contributed by atoms with Gasteiger partial charge in [-0.3, -0.25) is 4.79 Å². The highest BCUT2D eigenvalue weighted by atomic mass is 32.1. The minimum Gasteiger partial charge on any atom is -0.491 e. The third-order valence-corrected chi connectivity index (χ3v) is 5.52. The van der Waals surface area contributed by atoms with Gasteiger partial charge in [-0.25, -0.2) is 4.98 Å². The number of nitrogens with zero attached hydrogens (tertiary/aromatic N) is 2. The number of ether oxygens (including phenoxy) is 1. The number of thiazole rings is 1. The number of rotatable bonds is 0. The van der Waals surface area contributed by atoms with Gasteiger partial charge in [-0.05, 0) is 17.7 Å². The number of fused-ring (bicyclic) bond motifs is 5. The third-order valence-electron chi connectivity index (χ3n) is 4.73. The zero-order chi connectivity index (χ0) is 14.9. The van der Waals surface area contributed by atoms with Gasteiger partial charge in [0, 0.05) is 24.4 Å². The Morgan fingerprint density at radius 2 is 2.14 bits per heavy atom. The molecular weight excluding hydrogens is 296 g/mol. The van der Waals surface area contributed by atoms with Gasteiger partial charge in [-0.2, -0.15) is 0 Å². The molecule has 1 aromatic heterocycles. The number of carbonyl (C=O) groups is 1. The first kappa shape index (κ1) is 12.2. The molecule has 4 nitrogen and oxygen atoms in total. The van der Waals surface area contributed by atoms with E-state index in [0.29, 0.717) is 6.61 Å². The van der Waals surface area contributed by atoms with Gasteiger partial charge in [0.2, 0.25) is 5.91 Å². The molecule has 0 radical (unpaired) electrons. The van der Waals surface area contributed by atoms with E-state index in [9.17, 15) is 4.79 Å². The maximum Gasteiger partial charge on any atom is 0.245 e. The Morgan fingerprint density at radius 1 is 1.27 bits per heavy atom.